The van der Waals surface area contributed by atoms with E-state index in [2.05, 4.69) is 23.2 Å². The second-order valence-corrected chi connectivity index (χ2v) is 8.30. The average molecular weight is 352 g/mol. The maximum absolute atomic E-state index is 5.83. The Morgan fingerprint density at radius 3 is 3.17 bits per heavy atom. The van der Waals surface area contributed by atoms with E-state index in [1.165, 1.54) is 29.7 Å². The fraction of sp³-hybridized carbons (Fsp3) is 0.625. The van der Waals surface area contributed by atoms with Crippen LogP contribution in [0.1, 0.15) is 30.2 Å². The van der Waals surface area contributed by atoms with Crippen molar-refractivity contribution >= 4 is 23.1 Å². The summed E-state index contributed by atoms with van der Waals surface area (Å²) in [4.78, 5) is 2.59. The summed E-state index contributed by atoms with van der Waals surface area (Å²) in [6, 6.07) is 2.24. The second-order valence-electron chi connectivity index (χ2n) is 6.19. The van der Waals surface area contributed by atoms with Gasteiger partial charge < -0.3 is 13.9 Å². The summed E-state index contributed by atoms with van der Waals surface area (Å²) in [5.74, 6) is 2.24. The van der Waals surface area contributed by atoms with Crippen LogP contribution in [-0.2, 0) is 22.3 Å². The van der Waals surface area contributed by atoms with Gasteiger partial charge in [-0.25, -0.2) is 0 Å². The van der Waals surface area contributed by atoms with E-state index < -0.39 is 0 Å². The van der Waals surface area contributed by atoms with E-state index in [9.17, 15) is 0 Å². The molecule has 0 saturated carbocycles. The van der Waals surface area contributed by atoms with Crippen LogP contribution in [-0.4, -0.2) is 35.5 Å². The third kappa shape index (κ3) is 3.63. The van der Waals surface area contributed by atoms with E-state index in [0.717, 1.165) is 29.6 Å². The minimum atomic E-state index is 0.208. The minimum absolute atomic E-state index is 0.208. The van der Waals surface area contributed by atoms with E-state index in [-0.39, 0.29) is 6.10 Å². The lowest BCUT2D eigenvalue weighted by atomic mass is 9.90. The molecule has 2 aromatic heterocycles. The standard InChI is InChI=1S/C16H20N2O3S2/c1-10-2-3-13-11(6-10)7-14(23-13)15-17-18-16(21-15)22-8-12-4-5-19-9-20-12/h7,10,12H,2-6,8-9H2,1H3/t10-,12+/m0/s1. The van der Waals surface area contributed by atoms with E-state index in [1.807, 2.05) is 0 Å². The number of thioether (sulfide) groups is 1. The Bertz CT molecular complexity index is 664. The van der Waals surface area contributed by atoms with Crippen molar-refractivity contribution < 1.29 is 13.9 Å². The monoisotopic (exact) mass is 352 g/mol. The van der Waals surface area contributed by atoms with Crippen molar-refractivity contribution in [1.29, 1.82) is 0 Å². The van der Waals surface area contributed by atoms with E-state index in [1.54, 1.807) is 23.1 Å². The van der Waals surface area contributed by atoms with Gasteiger partial charge in [0, 0.05) is 10.6 Å². The first kappa shape index (κ1) is 15.6. The molecular weight excluding hydrogens is 332 g/mol. The van der Waals surface area contributed by atoms with E-state index in [4.69, 9.17) is 13.9 Å². The zero-order chi connectivity index (χ0) is 15.6. The van der Waals surface area contributed by atoms with E-state index >= 15 is 0 Å². The van der Waals surface area contributed by atoms with Crippen LogP contribution >= 0.6 is 23.1 Å². The molecule has 1 fully saturated rings. The van der Waals surface area contributed by atoms with Gasteiger partial charge in [0.1, 0.15) is 6.79 Å². The van der Waals surface area contributed by atoms with E-state index in [0.29, 0.717) is 17.9 Å². The highest BCUT2D eigenvalue weighted by Gasteiger charge is 2.21. The molecule has 0 aromatic carbocycles. The fourth-order valence-corrected chi connectivity index (χ4v) is 4.93. The number of aromatic nitrogens is 2. The first-order valence-corrected chi connectivity index (χ1v) is 9.86. The predicted molar refractivity (Wildman–Crippen MR) is 89.8 cm³/mol. The Balaban J connectivity index is 1.41. The van der Waals surface area contributed by atoms with Crippen LogP contribution in [0.4, 0.5) is 0 Å². The van der Waals surface area contributed by atoms with Crippen LogP contribution < -0.4 is 0 Å². The normalized spacial score (nSPS) is 24.6. The third-order valence-corrected chi connectivity index (χ3v) is 6.49. The van der Waals surface area contributed by atoms with Gasteiger partial charge >= 0.3 is 0 Å². The molecule has 1 aliphatic carbocycles. The number of hydrogen-bond acceptors (Lipinski definition) is 7. The molecule has 0 radical (unpaired) electrons. The van der Waals surface area contributed by atoms with Crippen LogP contribution in [0.5, 0.6) is 0 Å². The van der Waals surface area contributed by atoms with Crippen molar-refractivity contribution in [3.05, 3.63) is 16.5 Å². The number of ether oxygens (including phenoxy) is 2. The fourth-order valence-electron chi connectivity index (χ4n) is 2.98. The van der Waals surface area contributed by atoms with Gasteiger partial charge in [-0.2, -0.15) is 0 Å². The Morgan fingerprint density at radius 2 is 2.30 bits per heavy atom. The van der Waals surface area contributed by atoms with Crippen molar-refractivity contribution in [2.45, 2.75) is 43.9 Å². The Labute approximate surface area is 143 Å². The van der Waals surface area contributed by atoms with Crippen molar-refractivity contribution in [1.82, 2.24) is 10.2 Å². The second kappa shape index (κ2) is 6.93. The number of thiophene rings is 1. The maximum atomic E-state index is 5.83. The molecule has 0 amide bonds. The first-order chi connectivity index (χ1) is 11.3. The largest absolute Gasteiger partial charge is 0.410 e. The zero-order valence-electron chi connectivity index (χ0n) is 13.1. The summed E-state index contributed by atoms with van der Waals surface area (Å²) in [5.41, 5.74) is 1.46. The quantitative estimate of drug-likeness (QED) is 0.781. The van der Waals surface area contributed by atoms with Crippen LogP contribution in [0.3, 0.4) is 0 Å². The molecule has 5 nitrogen and oxygen atoms in total. The number of hydrogen-bond donors (Lipinski definition) is 0. The summed E-state index contributed by atoms with van der Waals surface area (Å²) in [6.45, 7) is 3.47. The van der Waals surface area contributed by atoms with Crippen LogP contribution in [0.25, 0.3) is 10.8 Å². The molecule has 3 heterocycles. The van der Waals surface area contributed by atoms with Gasteiger partial charge in [-0.05, 0) is 43.2 Å². The minimum Gasteiger partial charge on any atom is -0.410 e. The molecule has 0 unspecified atom stereocenters. The smallest absolute Gasteiger partial charge is 0.276 e. The molecule has 0 spiro atoms. The highest BCUT2D eigenvalue weighted by molar-refractivity contribution is 7.99. The van der Waals surface area contributed by atoms with Crippen LogP contribution in [0.15, 0.2) is 15.7 Å². The van der Waals surface area contributed by atoms with Gasteiger partial charge in [0.05, 0.1) is 17.6 Å². The number of rotatable bonds is 4. The maximum Gasteiger partial charge on any atom is 0.276 e. The molecule has 2 aromatic rings. The molecule has 7 heteroatoms. The third-order valence-electron chi connectivity index (χ3n) is 4.31. The average Bonchev–Trinajstić information content (AvgIpc) is 3.20. The SMILES string of the molecule is C[C@H]1CCc2sc(-c3nnc(SC[C@H]4CCOCO4)o3)cc2C1. The van der Waals surface area contributed by atoms with Crippen molar-refractivity contribution in [2.24, 2.45) is 5.92 Å². The lowest BCUT2D eigenvalue weighted by molar-refractivity contribution is -0.130. The van der Waals surface area contributed by atoms with Crippen molar-refractivity contribution in [3.8, 4) is 10.8 Å². The van der Waals surface area contributed by atoms with Crippen molar-refractivity contribution in [2.75, 3.05) is 19.2 Å². The summed E-state index contributed by atoms with van der Waals surface area (Å²) < 4.78 is 16.5. The summed E-state index contributed by atoms with van der Waals surface area (Å²) in [6.07, 6.45) is 4.76. The lowest BCUT2D eigenvalue weighted by Crippen LogP contribution is -2.25. The molecule has 1 aliphatic heterocycles. The van der Waals surface area contributed by atoms with Crippen LogP contribution in [0.2, 0.25) is 0 Å². The Kier molecular flexibility index (Phi) is 4.71. The molecule has 1 saturated heterocycles. The molecule has 23 heavy (non-hydrogen) atoms. The summed E-state index contributed by atoms with van der Waals surface area (Å²) in [7, 11) is 0. The Morgan fingerprint density at radius 1 is 1.35 bits per heavy atom. The first-order valence-electron chi connectivity index (χ1n) is 8.05. The topological polar surface area (TPSA) is 57.4 Å². The summed E-state index contributed by atoms with van der Waals surface area (Å²) >= 11 is 3.36. The van der Waals surface area contributed by atoms with Gasteiger partial charge in [-0.1, -0.05) is 18.7 Å². The number of nitrogens with zero attached hydrogens (tertiary/aromatic N) is 2. The highest BCUT2D eigenvalue weighted by Crippen LogP contribution is 2.37. The lowest BCUT2D eigenvalue weighted by Gasteiger charge is -2.21. The summed E-state index contributed by atoms with van der Waals surface area (Å²) in [5, 5.41) is 9.00. The molecule has 0 N–H and O–H groups in total. The molecule has 124 valence electrons. The number of fused-ring (bicyclic) bond motifs is 1. The van der Waals surface area contributed by atoms with Crippen LogP contribution in [0, 0.1) is 5.92 Å². The highest BCUT2D eigenvalue weighted by atomic mass is 32.2. The van der Waals surface area contributed by atoms with Gasteiger partial charge in [-0.15, -0.1) is 21.5 Å². The Hall–Kier alpha value is -0.890. The van der Waals surface area contributed by atoms with Gasteiger partial charge in [0.25, 0.3) is 11.1 Å². The number of aryl methyl sites for hydroxylation is 1. The van der Waals surface area contributed by atoms with Gasteiger partial charge in [0.2, 0.25) is 0 Å². The van der Waals surface area contributed by atoms with Gasteiger partial charge in [0.15, 0.2) is 0 Å². The molecule has 2 atom stereocenters. The molecular formula is C16H20N2O3S2. The van der Waals surface area contributed by atoms with Gasteiger partial charge in [-0.3, -0.25) is 0 Å². The molecule has 4 rings (SSSR count). The molecule has 0 bridgehead atoms. The molecule has 2 aliphatic rings. The predicted octanol–water partition coefficient (Wildman–Crippen LogP) is 3.78. The zero-order valence-corrected chi connectivity index (χ0v) is 14.8. The van der Waals surface area contributed by atoms with Crippen molar-refractivity contribution in [3.63, 3.8) is 0 Å².